The Morgan fingerprint density at radius 2 is 2.07 bits per heavy atom. The topological polar surface area (TPSA) is 44.3 Å². The zero-order valence-electron chi connectivity index (χ0n) is 8.87. The van der Waals surface area contributed by atoms with Gasteiger partial charge in [-0.1, -0.05) is 6.42 Å². The third-order valence-corrected chi connectivity index (χ3v) is 2.83. The van der Waals surface area contributed by atoms with Gasteiger partial charge >= 0.3 is 0 Å². The van der Waals surface area contributed by atoms with Crippen LogP contribution in [0.25, 0.3) is 0 Å². The van der Waals surface area contributed by atoms with Gasteiger partial charge in [-0.15, -0.1) is 0 Å². The average Bonchev–Trinajstić information content (AvgIpc) is 2.30. The number of piperidine rings is 1. The van der Waals surface area contributed by atoms with E-state index >= 15 is 0 Å². The summed E-state index contributed by atoms with van der Waals surface area (Å²) in [5.74, 6) is 0.316. The van der Waals surface area contributed by atoms with Gasteiger partial charge in [-0.05, 0) is 43.7 Å². The molecule has 0 radical (unpaired) electrons. The Morgan fingerprint density at radius 3 is 2.73 bits per heavy atom. The summed E-state index contributed by atoms with van der Waals surface area (Å²) in [6.07, 6.45) is 3.88. The Kier molecular flexibility index (Phi) is 3.45. The average molecular weight is 206 g/mol. The monoisotopic (exact) mass is 206 g/mol. The molecule has 0 amide bonds. The first kappa shape index (κ1) is 10.3. The molecule has 1 aliphatic heterocycles. The van der Waals surface area contributed by atoms with Crippen LogP contribution in [-0.4, -0.2) is 24.2 Å². The van der Waals surface area contributed by atoms with Gasteiger partial charge in [-0.25, -0.2) is 0 Å². The summed E-state index contributed by atoms with van der Waals surface area (Å²) in [5.41, 5.74) is 1.07. The number of anilines is 1. The summed E-state index contributed by atoms with van der Waals surface area (Å²) in [4.78, 5) is 0. The molecule has 3 nitrogen and oxygen atoms in total. The molecule has 2 rings (SSSR count). The van der Waals surface area contributed by atoms with E-state index in [2.05, 4.69) is 10.6 Å². The first-order valence-corrected chi connectivity index (χ1v) is 5.61. The van der Waals surface area contributed by atoms with Crippen molar-refractivity contribution in [2.24, 2.45) is 0 Å². The molecule has 3 heteroatoms. The molecule has 1 aliphatic rings. The zero-order valence-corrected chi connectivity index (χ0v) is 8.87. The Hall–Kier alpha value is -1.22. The minimum absolute atomic E-state index is 0.316. The third-order valence-electron chi connectivity index (χ3n) is 2.83. The minimum Gasteiger partial charge on any atom is -0.508 e. The maximum atomic E-state index is 9.13. The molecule has 1 fully saturated rings. The van der Waals surface area contributed by atoms with E-state index in [9.17, 15) is 0 Å². The number of phenols is 1. The van der Waals surface area contributed by atoms with Crippen LogP contribution in [0.3, 0.4) is 0 Å². The smallest absolute Gasteiger partial charge is 0.115 e. The molecule has 82 valence electrons. The SMILES string of the molecule is Oc1ccc(NCC2CCCCN2)cc1. The lowest BCUT2D eigenvalue weighted by Crippen LogP contribution is -2.39. The van der Waals surface area contributed by atoms with Crippen molar-refractivity contribution in [3.05, 3.63) is 24.3 Å². The van der Waals surface area contributed by atoms with E-state index in [4.69, 9.17) is 5.11 Å². The summed E-state index contributed by atoms with van der Waals surface area (Å²) >= 11 is 0. The summed E-state index contributed by atoms with van der Waals surface area (Å²) in [5, 5.41) is 16.0. The highest BCUT2D eigenvalue weighted by Crippen LogP contribution is 2.14. The van der Waals surface area contributed by atoms with E-state index in [-0.39, 0.29) is 0 Å². The van der Waals surface area contributed by atoms with Crippen molar-refractivity contribution in [1.82, 2.24) is 5.32 Å². The molecule has 0 aliphatic carbocycles. The van der Waals surface area contributed by atoms with Gasteiger partial charge in [0.25, 0.3) is 0 Å². The number of aromatic hydroxyl groups is 1. The van der Waals surface area contributed by atoms with Gasteiger partial charge in [0.15, 0.2) is 0 Å². The van der Waals surface area contributed by atoms with Crippen LogP contribution in [0.4, 0.5) is 5.69 Å². The van der Waals surface area contributed by atoms with Crippen molar-refractivity contribution >= 4 is 5.69 Å². The largest absolute Gasteiger partial charge is 0.508 e. The van der Waals surface area contributed by atoms with Gasteiger partial charge in [0, 0.05) is 18.3 Å². The number of nitrogens with one attached hydrogen (secondary N) is 2. The minimum atomic E-state index is 0.316. The molecule has 1 heterocycles. The van der Waals surface area contributed by atoms with Crippen molar-refractivity contribution in [2.75, 3.05) is 18.4 Å². The quantitative estimate of drug-likeness (QED) is 0.662. The predicted molar refractivity (Wildman–Crippen MR) is 62.2 cm³/mol. The second-order valence-corrected chi connectivity index (χ2v) is 4.07. The standard InChI is InChI=1S/C12H18N2O/c15-12-6-4-10(5-7-12)14-9-11-3-1-2-8-13-11/h4-7,11,13-15H,1-3,8-9H2. The molecule has 15 heavy (non-hydrogen) atoms. The van der Waals surface area contributed by atoms with Crippen LogP contribution in [0.5, 0.6) is 5.75 Å². The van der Waals surface area contributed by atoms with Crippen molar-refractivity contribution in [2.45, 2.75) is 25.3 Å². The van der Waals surface area contributed by atoms with Gasteiger partial charge in [-0.2, -0.15) is 0 Å². The van der Waals surface area contributed by atoms with Crippen LogP contribution in [0.2, 0.25) is 0 Å². The molecule has 0 saturated carbocycles. The fourth-order valence-electron chi connectivity index (χ4n) is 1.92. The van der Waals surface area contributed by atoms with Crippen LogP contribution in [0.1, 0.15) is 19.3 Å². The predicted octanol–water partition coefficient (Wildman–Crippen LogP) is 1.95. The highest BCUT2D eigenvalue weighted by molar-refractivity contribution is 5.46. The lowest BCUT2D eigenvalue weighted by atomic mass is 10.1. The first-order valence-electron chi connectivity index (χ1n) is 5.61. The van der Waals surface area contributed by atoms with E-state index in [0.29, 0.717) is 11.8 Å². The Morgan fingerprint density at radius 1 is 1.27 bits per heavy atom. The second kappa shape index (κ2) is 5.03. The fraction of sp³-hybridized carbons (Fsp3) is 0.500. The van der Waals surface area contributed by atoms with E-state index in [1.807, 2.05) is 12.1 Å². The van der Waals surface area contributed by atoms with Crippen LogP contribution < -0.4 is 10.6 Å². The number of rotatable bonds is 3. The maximum absolute atomic E-state index is 9.13. The molecule has 1 unspecified atom stereocenters. The summed E-state index contributed by atoms with van der Waals surface area (Å²) in [6.45, 7) is 2.10. The second-order valence-electron chi connectivity index (χ2n) is 4.07. The van der Waals surface area contributed by atoms with Gasteiger partial charge in [0.05, 0.1) is 0 Å². The molecule has 3 N–H and O–H groups in total. The molecule has 1 aromatic carbocycles. The lowest BCUT2D eigenvalue weighted by molar-refractivity contribution is 0.414. The highest BCUT2D eigenvalue weighted by atomic mass is 16.3. The van der Waals surface area contributed by atoms with E-state index < -0.39 is 0 Å². The van der Waals surface area contributed by atoms with Crippen LogP contribution >= 0.6 is 0 Å². The van der Waals surface area contributed by atoms with Gasteiger partial charge in [0.2, 0.25) is 0 Å². The molecule has 0 aromatic heterocycles. The van der Waals surface area contributed by atoms with Crippen molar-refractivity contribution in [3.63, 3.8) is 0 Å². The summed E-state index contributed by atoms with van der Waals surface area (Å²) in [7, 11) is 0. The maximum Gasteiger partial charge on any atom is 0.115 e. The molecule has 1 atom stereocenters. The molecular formula is C12H18N2O. The molecule has 0 spiro atoms. The Bertz CT molecular complexity index is 291. The Labute approximate surface area is 90.5 Å². The number of benzene rings is 1. The zero-order chi connectivity index (χ0) is 10.5. The number of phenolic OH excluding ortho intramolecular Hbond substituents is 1. The van der Waals surface area contributed by atoms with Crippen molar-refractivity contribution < 1.29 is 5.11 Å². The van der Waals surface area contributed by atoms with Crippen molar-refractivity contribution in [1.29, 1.82) is 0 Å². The van der Waals surface area contributed by atoms with Crippen LogP contribution in [-0.2, 0) is 0 Å². The molecular weight excluding hydrogens is 188 g/mol. The van der Waals surface area contributed by atoms with Gasteiger partial charge in [0.1, 0.15) is 5.75 Å². The van der Waals surface area contributed by atoms with E-state index in [1.54, 1.807) is 12.1 Å². The first-order chi connectivity index (χ1) is 7.34. The lowest BCUT2D eigenvalue weighted by Gasteiger charge is -2.24. The van der Waals surface area contributed by atoms with Crippen LogP contribution in [0.15, 0.2) is 24.3 Å². The van der Waals surface area contributed by atoms with Crippen LogP contribution in [0, 0.1) is 0 Å². The van der Waals surface area contributed by atoms with Gasteiger partial charge in [-0.3, -0.25) is 0 Å². The Balaban J connectivity index is 1.79. The fourth-order valence-corrected chi connectivity index (χ4v) is 1.92. The molecule has 0 bridgehead atoms. The summed E-state index contributed by atoms with van der Waals surface area (Å²) in [6, 6.07) is 7.80. The molecule has 1 aromatic rings. The molecule has 1 saturated heterocycles. The third kappa shape index (κ3) is 3.13. The summed E-state index contributed by atoms with van der Waals surface area (Å²) < 4.78 is 0. The van der Waals surface area contributed by atoms with E-state index in [1.165, 1.54) is 19.3 Å². The normalized spacial score (nSPS) is 21.2. The highest BCUT2D eigenvalue weighted by Gasteiger charge is 2.11. The van der Waals surface area contributed by atoms with E-state index in [0.717, 1.165) is 18.8 Å². The van der Waals surface area contributed by atoms with Gasteiger partial charge < -0.3 is 15.7 Å². The number of hydrogen-bond donors (Lipinski definition) is 3. The number of hydrogen-bond acceptors (Lipinski definition) is 3. The van der Waals surface area contributed by atoms with Crippen molar-refractivity contribution in [3.8, 4) is 5.75 Å².